The number of alkyl halides is 3. The maximum absolute atomic E-state index is 14.5. The number of hydrogen-bond donors (Lipinski definition) is 4. The van der Waals surface area contributed by atoms with Crippen LogP contribution in [-0.2, 0) is 15.8 Å². The predicted octanol–water partition coefficient (Wildman–Crippen LogP) is 3.08. The number of carbonyl (C=O) groups excluding carboxylic acids is 2. The molecule has 1 aliphatic heterocycles. The molecule has 202 valence electrons. The standard InChI is InChI=1S/C26H21F4N5O4/c1-24(23(31)37)12-39-21-16(24)9-18(35-19(21)13-4-6-14(27)7-5-13)25(38,26(28,29)30)11-34-22(36)15-10-33-17-3-2-8-32-20(15)17/h2-10,33,38H,11-12H2,1H3,(H2,31,37)(H,34,36)/t24-,25?/m0/s1. The van der Waals surface area contributed by atoms with Crippen LogP contribution < -0.4 is 15.8 Å². The van der Waals surface area contributed by atoms with E-state index in [1.165, 1.54) is 31.5 Å². The summed E-state index contributed by atoms with van der Waals surface area (Å²) in [6.45, 7) is -0.221. The van der Waals surface area contributed by atoms with Gasteiger partial charge in [0.1, 0.15) is 34.8 Å². The summed E-state index contributed by atoms with van der Waals surface area (Å²) in [6.07, 6.45) is -2.62. The molecular formula is C26H21F4N5O4. The van der Waals surface area contributed by atoms with Crippen molar-refractivity contribution >= 4 is 22.8 Å². The Morgan fingerprint density at radius 2 is 1.95 bits per heavy atom. The van der Waals surface area contributed by atoms with Crippen LogP contribution in [0, 0.1) is 5.82 Å². The highest BCUT2D eigenvalue weighted by atomic mass is 19.4. The van der Waals surface area contributed by atoms with Crippen molar-refractivity contribution in [1.82, 2.24) is 20.3 Å². The fourth-order valence-corrected chi connectivity index (χ4v) is 4.37. The topological polar surface area (TPSA) is 143 Å². The number of halogens is 4. The molecule has 9 nitrogen and oxygen atoms in total. The summed E-state index contributed by atoms with van der Waals surface area (Å²) in [6, 6.07) is 8.83. The fourth-order valence-electron chi connectivity index (χ4n) is 4.37. The molecule has 0 bridgehead atoms. The first-order chi connectivity index (χ1) is 18.3. The highest BCUT2D eigenvalue weighted by Gasteiger charge is 2.57. The van der Waals surface area contributed by atoms with E-state index in [0.717, 1.165) is 18.2 Å². The van der Waals surface area contributed by atoms with E-state index >= 15 is 0 Å². The van der Waals surface area contributed by atoms with E-state index in [1.54, 1.807) is 12.1 Å². The molecule has 3 aromatic heterocycles. The molecule has 0 saturated heterocycles. The van der Waals surface area contributed by atoms with Crippen molar-refractivity contribution in [3.63, 3.8) is 0 Å². The maximum Gasteiger partial charge on any atom is 0.424 e. The number of carbonyl (C=O) groups is 2. The van der Waals surface area contributed by atoms with Gasteiger partial charge in [-0.1, -0.05) is 0 Å². The summed E-state index contributed by atoms with van der Waals surface area (Å²) in [7, 11) is 0. The Kier molecular flexibility index (Phi) is 6.06. The zero-order chi connectivity index (χ0) is 28.2. The van der Waals surface area contributed by atoms with Gasteiger partial charge in [-0.05, 0) is 49.4 Å². The fraction of sp³-hybridized carbons (Fsp3) is 0.231. The number of nitrogens with zero attached hydrogens (tertiary/aromatic N) is 2. The van der Waals surface area contributed by atoms with Gasteiger partial charge in [-0.15, -0.1) is 0 Å². The van der Waals surface area contributed by atoms with Crippen LogP contribution in [0.2, 0.25) is 0 Å². The quantitative estimate of drug-likeness (QED) is 0.275. The Labute approximate surface area is 218 Å². The largest absolute Gasteiger partial charge is 0.489 e. The van der Waals surface area contributed by atoms with Crippen molar-refractivity contribution in [2.24, 2.45) is 5.73 Å². The van der Waals surface area contributed by atoms with Crippen LogP contribution in [0.5, 0.6) is 5.75 Å². The number of nitrogens with one attached hydrogen (secondary N) is 2. The van der Waals surface area contributed by atoms with E-state index in [1.807, 2.05) is 0 Å². The summed E-state index contributed by atoms with van der Waals surface area (Å²) in [5, 5.41) is 13.2. The molecule has 2 amide bonds. The zero-order valence-electron chi connectivity index (χ0n) is 20.3. The molecular weight excluding hydrogens is 522 g/mol. The zero-order valence-corrected chi connectivity index (χ0v) is 20.3. The molecule has 5 N–H and O–H groups in total. The number of amides is 2. The van der Waals surface area contributed by atoms with Gasteiger partial charge in [0, 0.05) is 23.5 Å². The molecule has 0 fully saturated rings. The monoisotopic (exact) mass is 543 g/mol. The van der Waals surface area contributed by atoms with Crippen molar-refractivity contribution in [1.29, 1.82) is 0 Å². The average molecular weight is 543 g/mol. The van der Waals surface area contributed by atoms with Crippen LogP contribution in [0.3, 0.4) is 0 Å². The lowest BCUT2D eigenvalue weighted by atomic mass is 9.81. The first kappa shape index (κ1) is 26.1. The number of rotatable bonds is 6. The Morgan fingerprint density at radius 1 is 1.23 bits per heavy atom. The molecule has 4 aromatic rings. The van der Waals surface area contributed by atoms with Crippen LogP contribution in [0.4, 0.5) is 17.6 Å². The van der Waals surface area contributed by atoms with E-state index in [2.05, 4.69) is 20.3 Å². The minimum absolute atomic E-state index is 0.0231. The summed E-state index contributed by atoms with van der Waals surface area (Å²) in [4.78, 5) is 36.1. The molecule has 0 saturated carbocycles. The SMILES string of the molecule is C[C@]1(C(N)=O)COc2c1cc(C(O)(CNC(=O)c1c[nH]c3cccnc13)C(F)(F)F)nc2-c1ccc(F)cc1. The smallest absolute Gasteiger partial charge is 0.424 e. The van der Waals surface area contributed by atoms with Crippen LogP contribution in [0.15, 0.2) is 54.9 Å². The normalized spacial score (nSPS) is 18.3. The second-order valence-corrected chi connectivity index (χ2v) is 9.37. The number of ether oxygens (including phenoxy) is 1. The summed E-state index contributed by atoms with van der Waals surface area (Å²) in [5.41, 5.74) is 0.0576. The van der Waals surface area contributed by atoms with E-state index in [4.69, 9.17) is 10.5 Å². The highest BCUT2D eigenvalue weighted by Crippen LogP contribution is 2.47. The van der Waals surface area contributed by atoms with Crippen molar-refractivity contribution in [2.75, 3.05) is 13.2 Å². The molecule has 0 radical (unpaired) electrons. The predicted molar refractivity (Wildman–Crippen MR) is 130 cm³/mol. The number of aliphatic hydroxyl groups is 1. The number of nitrogens with two attached hydrogens (primary N) is 1. The number of pyridine rings is 2. The van der Waals surface area contributed by atoms with E-state index in [9.17, 15) is 32.3 Å². The lowest BCUT2D eigenvalue weighted by Crippen LogP contribution is -2.51. The van der Waals surface area contributed by atoms with E-state index in [0.29, 0.717) is 5.52 Å². The van der Waals surface area contributed by atoms with Gasteiger partial charge in [-0.2, -0.15) is 13.2 Å². The summed E-state index contributed by atoms with van der Waals surface area (Å²) >= 11 is 0. The maximum atomic E-state index is 14.5. The number of aromatic nitrogens is 3. The minimum Gasteiger partial charge on any atom is -0.489 e. The van der Waals surface area contributed by atoms with Crippen LogP contribution in [0.1, 0.15) is 28.5 Å². The molecule has 39 heavy (non-hydrogen) atoms. The van der Waals surface area contributed by atoms with Crippen molar-refractivity contribution in [3.05, 3.63) is 77.5 Å². The molecule has 13 heteroatoms. The Morgan fingerprint density at radius 3 is 2.62 bits per heavy atom. The van der Waals surface area contributed by atoms with Crippen molar-refractivity contribution < 1.29 is 37.0 Å². The van der Waals surface area contributed by atoms with Gasteiger partial charge < -0.3 is 25.9 Å². The third-order valence-electron chi connectivity index (χ3n) is 6.81. The summed E-state index contributed by atoms with van der Waals surface area (Å²) in [5.74, 6) is -2.42. The molecule has 4 heterocycles. The van der Waals surface area contributed by atoms with Crippen LogP contribution in [-0.4, -0.2) is 51.2 Å². The second-order valence-electron chi connectivity index (χ2n) is 9.37. The van der Waals surface area contributed by atoms with Gasteiger partial charge in [0.05, 0.1) is 23.3 Å². The molecule has 0 spiro atoms. The molecule has 1 aromatic carbocycles. The summed E-state index contributed by atoms with van der Waals surface area (Å²) < 4.78 is 62.7. The third kappa shape index (κ3) is 4.24. The van der Waals surface area contributed by atoms with Gasteiger partial charge in [0.25, 0.3) is 5.91 Å². The van der Waals surface area contributed by atoms with E-state index in [-0.39, 0.29) is 40.3 Å². The first-order valence-electron chi connectivity index (χ1n) is 11.6. The van der Waals surface area contributed by atoms with Crippen molar-refractivity contribution in [2.45, 2.75) is 24.1 Å². The average Bonchev–Trinajstić information content (AvgIpc) is 3.49. The van der Waals surface area contributed by atoms with Crippen LogP contribution >= 0.6 is 0 Å². The lowest BCUT2D eigenvalue weighted by molar-refractivity contribution is -0.265. The molecule has 2 atom stereocenters. The number of fused-ring (bicyclic) bond motifs is 2. The van der Waals surface area contributed by atoms with Crippen LogP contribution in [0.25, 0.3) is 22.3 Å². The third-order valence-corrected chi connectivity index (χ3v) is 6.81. The molecule has 1 unspecified atom stereocenters. The number of benzene rings is 1. The molecule has 1 aliphatic rings. The number of H-pyrrole nitrogens is 1. The number of hydrogen-bond acceptors (Lipinski definition) is 6. The van der Waals surface area contributed by atoms with Gasteiger partial charge >= 0.3 is 6.18 Å². The van der Waals surface area contributed by atoms with Gasteiger partial charge in [-0.25, -0.2) is 9.37 Å². The Bertz CT molecular complexity index is 1600. The van der Waals surface area contributed by atoms with Gasteiger partial charge in [0.15, 0.2) is 0 Å². The second kappa shape index (κ2) is 9.05. The lowest BCUT2D eigenvalue weighted by Gasteiger charge is -2.31. The number of primary amides is 1. The Hall–Kier alpha value is -4.52. The first-order valence-corrected chi connectivity index (χ1v) is 11.6. The van der Waals surface area contributed by atoms with Gasteiger partial charge in [0.2, 0.25) is 11.5 Å². The molecule has 0 aliphatic carbocycles. The minimum atomic E-state index is -5.33. The van der Waals surface area contributed by atoms with E-state index < -0.39 is 47.1 Å². The van der Waals surface area contributed by atoms with Gasteiger partial charge in [-0.3, -0.25) is 14.6 Å². The highest BCUT2D eigenvalue weighted by molar-refractivity contribution is 6.05. The number of aromatic amines is 1. The molecule has 5 rings (SSSR count). The Balaban J connectivity index is 1.61. The van der Waals surface area contributed by atoms with Crippen molar-refractivity contribution in [3.8, 4) is 17.0 Å².